The average Bonchev–Trinajstić information content (AvgIpc) is 3.08. The Kier molecular flexibility index (Phi) is 5.65. The SMILES string of the molecule is COc1cc(OC)c2c(c1Cl)O[C@@]1(C(=O)C=C(Nc3cccc([C@H](C)O)c3)C[C@H]1C)C2=O. The van der Waals surface area contributed by atoms with Gasteiger partial charge in [-0.2, -0.15) is 0 Å². The quantitative estimate of drug-likeness (QED) is 0.645. The molecule has 0 aromatic heterocycles. The Balaban J connectivity index is 1.69. The van der Waals surface area contributed by atoms with E-state index < -0.39 is 29.2 Å². The number of benzene rings is 2. The van der Waals surface area contributed by atoms with Gasteiger partial charge in [-0.1, -0.05) is 30.7 Å². The third kappa shape index (κ3) is 3.32. The van der Waals surface area contributed by atoms with Gasteiger partial charge in [-0.05, 0) is 31.0 Å². The number of hydrogen-bond acceptors (Lipinski definition) is 7. The van der Waals surface area contributed by atoms with Crippen molar-refractivity contribution in [3.8, 4) is 17.2 Å². The zero-order valence-corrected chi connectivity index (χ0v) is 18.9. The van der Waals surface area contributed by atoms with Crippen LogP contribution in [0, 0.1) is 5.92 Å². The van der Waals surface area contributed by atoms with Crippen molar-refractivity contribution in [2.75, 3.05) is 19.5 Å². The minimum Gasteiger partial charge on any atom is -0.496 e. The number of anilines is 1. The predicted octanol–water partition coefficient (Wildman–Crippen LogP) is 4.33. The lowest BCUT2D eigenvalue weighted by Gasteiger charge is -2.35. The van der Waals surface area contributed by atoms with E-state index in [0.29, 0.717) is 17.9 Å². The highest BCUT2D eigenvalue weighted by molar-refractivity contribution is 6.36. The van der Waals surface area contributed by atoms with Crippen LogP contribution in [0.1, 0.15) is 42.3 Å². The van der Waals surface area contributed by atoms with E-state index in [0.717, 1.165) is 11.3 Å². The van der Waals surface area contributed by atoms with Gasteiger partial charge in [-0.3, -0.25) is 9.59 Å². The number of methoxy groups -OCH3 is 2. The van der Waals surface area contributed by atoms with Crippen molar-refractivity contribution < 1.29 is 28.9 Å². The second kappa shape index (κ2) is 8.15. The molecule has 2 aromatic rings. The predicted molar refractivity (Wildman–Crippen MR) is 120 cm³/mol. The Bertz CT molecular complexity index is 1140. The van der Waals surface area contributed by atoms with Gasteiger partial charge in [0.25, 0.3) is 0 Å². The minimum absolute atomic E-state index is 0.0995. The molecule has 0 saturated carbocycles. The molecule has 168 valence electrons. The molecule has 2 N–H and O–H groups in total. The maximum absolute atomic E-state index is 13.5. The number of fused-ring (bicyclic) bond motifs is 1. The van der Waals surface area contributed by atoms with Crippen molar-refractivity contribution in [3.63, 3.8) is 0 Å². The van der Waals surface area contributed by atoms with Gasteiger partial charge < -0.3 is 24.6 Å². The number of halogens is 1. The number of rotatable bonds is 5. The van der Waals surface area contributed by atoms with Crippen LogP contribution in [0.4, 0.5) is 5.69 Å². The van der Waals surface area contributed by atoms with Crippen LogP contribution in [-0.2, 0) is 4.79 Å². The number of hydrogen-bond donors (Lipinski definition) is 2. The van der Waals surface area contributed by atoms with Crippen LogP contribution in [0.15, 0.2) is 42.1 Å². The fraction of sp³-hybridized carbons (Fsp3) is 0.333. The largest absolute Gasteiger partial charge is 0.496 e. The fourth-order valence-electron chi connectivity index (χ4n) is 4.28. The van der Waals surface area contributed by atoms with E-state index in [1.165, 1.54) is 26.4 Å². The van der Waals surface area contributed by atoms with Crippen LogP contribution >= 0.6 is 11.6 Å². The summed E-state index contributed by atoms with van der Waals surface area (Å²) in [6.45, 7) is 3.48. The van der Waals surface area contributed by atoms with E-state index in [-0.39, 0.29) is 22.1 Å². The molecule has 2 aliphatic rings. The summed E-state index contributed by atoms with van der Waals surface area (Å²) < 4.78 is 16.7. The highest BCUT2D eigenvalue weighted by atomic mass is 35.5. The Hall–Kier alpha value is -3.03. The molecule has 0 amide bonds. The summed E-state index contributed by atoms with van der Waals surface area (Å²) in [6.07, 6.45) is 1.18. The van der Waals surface area contributed by atoms with E-state index in [1.54, 1.807) is 13.8 Å². The molecular formula is C24H24ClNO6. The van der Waals surface area contributed by atoms with E-state index in [4.69, 9.17) is 25.8 Å². The second-order valence-electron chi connectivity index (χ2n) is 8.03. The maximum Gasteiger partial charge on any atom is 0.236 e. The summed E-state index contributed by atoms with van der Waals surface area (Å²) >= 11 is 6.41. The fourth-order valence-corrected chi connectivity index (χ4v) is 4.54. The maximum atomic E-state index is 13.5. The first-order valence-corrected chi connectivity index (χ1v) is 10.6. The summed E-state index contributed by atoms with van der Waals surface area (Å²) in [5.41, 5.74) is 0.578. The number of nitrogens with one attached hydrogen (secondary N) is 1. The lowest BCUT2D eigenvalue weighted by Crippen LogP contribution is -2.55. The number of carbonyl (C=O) groups is 2. The standard InChI is InChI=1S/C24H24ClNO6/c1-12-8-16(26-15-7-5-6-14(9-15)13(2)27)10-19(28)24(12)23(29)20-17(30-3)11-18(31-4)21(25)22(20)32-24/h5-7,9-13,26-27H,8H2,1-4H3/t12-,13+,24+/m1/s1. The number of carbonyl (C=O) groups excluding carboxylic acids is 2. The van der Waals surface area contributed by atoms with Crippen LogP contribution in [0.5, 0.6) is 17.2 Å². The first-order valence-electron chi connectivity index (χ1n) is 10.2. The van der Waals surface area contributed by atoms with E-state index in [1.807, 2.05) is 24.3 Å². The Morgan fingerprint density at radius 3 is 2.56 bits per heavy atom. The molecule has 1 aliphatic heterocycles. The zero-order valence-electron chi connectivity index (χ0n) is 18.2. The van der Waals surface area contributed by atoms with Gasteiger partial charge in [-0.25, -0.2) is 0 Å². The molecule has 0 bridgehead atoms. The zero-order chi connectivity index (χ0) is 23.2. The summed E-state index contributed by atoms with van der Waals surface area (Å²) in [5, 5.41) is 13.2. The van der Waals surface area contributed by atoms with Gasteiger partial charge in [0.15, 0.2) is 5.75 Å². The molecule has 32 heavy (non-hydrogen) atoms. The first kappa shape index (κ1) is 22.2. The van der Waals surface area contributed by atoms with Crippen molar-refractivity contribution in [1.82, 2.24) is 0 Å². The van der Waals surface area contributed by atoms with Crippen LogP contribution in [0.2, 0.25) is 5.02 Å². The van der Waals surface area contributed by atoms with Gasteiger partial charge in [-0.15, -0.1) is 0 Å². The van der Waals surface area contributed by atoms with E-state index >= 15 is 0 Å². The smallest absolute Gasteiger partial charge is 0.236 e. The summed E-state index contributed by atoms with van der Waals surface area (Å²) in [4.78, 5) is 26.8. The van der Waals surface area contributed by atoms with Crippen molar-refractivity contribution in [3.05, 3.63) is 58.3 Å². The third-order valence-corrected chi connectivity index (χ3v) is 6.34. The Labute approximate surface area is 190 Å². The van der Waals surface area contributed by atoms with E-state index in [2.05, 4.69) is 5.32 Å². The molecule has 1 spiro atoms. The highest BCUT2D eigenvalue weighted by Crippen LogP contribution is 2.53. The number of allylic oxidation sites excluding steroid dienone is 1. The molecule has 4 rings (SSSR count). The second-order valence-corrected chi connectivity index (χ2v) is 8.41. The number of aliphatic hydroxyl groups excluding tert-OH is 1. The van der Waals surface area contributed by atoms with Gasteiger partial charge in [0.1, 0.15) is 22.1 Å². The number of ketones is 2. The molecule has 0 fully saturated rings. The van der Waals surface area contributed by atoms with Gasteiger partial charge in [0, 0.05) is 29.4 Å². The summed E-state index contributed by atoms with van der Waals surface area (Å²) in [7, 11) is 2.87. The first-order chi connectivity index (χ1) is 15.2. The van der Waals surface area contributed by atoms with Gasteiger partial charge in [0.05, 0.1) is 20.3 Å². The molecule has 7 nitrogen and oxygen atoms in total. The lowest BCUT2D eigenvalue weighted by atomic mass is 9.74. The monoisotopic (exact) mass is 457 g/mol. The van der Waals surface area contributed by atoms with E-state index in [9.17, 15) is 14.7 Å². The minimum atomic E-state index is -1.71. The third-order valence-electron chi connectivity index (χ3n) is 5.98. The van der Waals surface area contributed by atoms with Crippen molar-refractivity contribution in [1.29, 1.82) is 0 Å². The normalized spacial score (nSPS) is 22.8. The lowest BCUT2D eigenvalue weighted by molar-refractivity contribution is -0.129. The molecule has 0 unspecified atom stereocenters. The molecular weight excluding hydrogens is 434 g/mol. The summed E-state index contributed by atoms with van der Waals surface area (Å²) in [5.74, 6) is -0.789. The molecule has 0 radical (unpaired) electrons. The summed E-state index contributed by atoms with van der Waals surface area (Å²) in [6, 6.07) is 8.81. The molecule has 1 heterocycles. The topological polar surface area (TPSA) is 94.1 Å². The highest BCUT2D eigenvalue weighted by Gasteiger charge is 2.60. The molecule has 2 aromatic carbocycles. The van der Waals surface area contributed by atoms with Crippen LogP contribution in [-0.4, -0.2) is 36.5 Å². The average molecular weight is 458 g/mol. The molecule has 8 heteroatoms. The Morgan fingerprint density at radius 2 is 1.94 bits per heavy atom. The Morgan fingerprint density at radius 1 is 1.22 bits per heavy atom. The molecule has 3 atom stereocenters. The molecule has 0 saturated heterocycles. The number of aliphatic hydroxyl groups is 1. The van der Waals surface area contributed by atoms with Crippen molar-refractivity contribution >= 4 is 28.9 Å². The van der Waals surface area contributed by atoms with Crippen LogP contribution in [0.25, 0.3) is 0 Å². The van der Waals surface area contributed by atoms with Crippen LogP contribution < -0.4 is 19.5 Å². The van der Waals surface area contributed by atoms with Crippen molar-refractivity contribution in [2.24, 2.45) is 5.92 Å². The number of ether oxygens (including phenoxy) is 3. The van der Waals surface area contributed by atoms with Crippen LogP contribution in [0.3, 0.4) is 0 Å². The van der Waals surface area contributed by atoms with Gasteiger partial charge in [0.2, 0.25) is 17.2 Å². The van der Waals surface area contributed by atoms with Gasteiger partial charge >= 0.3 is 0 Å². The molecule has 1 aliphatic carbocycles. The number of Topliss-reactive ketones (excluding diaryl/α,β-unsaturated/α-hetero) is 1. The van der Waals surface area contributed by atoms with Crippen molar-refractivity contribution in [2.45, 2.75) is 32.0 Å².